The molecule has 0 spiro atoms. The van der Waals surface area contributed by atoms with E-state index in [-0.39, 0.29) is 29.3 Å². The van der Waals surface area contributed by atoms with Crippen LogP contribution in [-0.4, -0.2) is 31.9 Å². The van der Waals surface area contributed by atoms with Gasteiger partial charge in [0.2, 0.25) is 10.0 Å². The van der Waals surface area contributed by atoms with Crippen LogP contribution in [0.3, 0.4) is 0 Å². The summed E-state index contributed by atoms with van der Waals surface area (Å²) in [7, 11) is -3.54. The van der Waals surface area contributed by atoms with Crippen LogP contribution >= 0.6 is 12.4 Å². The van der Waals surface area contributed by atoms with Crippen molar-refractivity contribution in [2.45, 2.75) is 31.2 Å². The number of hydrogen-bond acceptors (Lipinski definition) is 4. The van der Waals surface area contributed by atoms with Crippen molar-refractivity contribution in [3.63, 3.8) is 0 Å². The van der Waals surface area contributed by atoms with Crippen LogP contribution in [0.5, 0.6) is 0 Å². The Balaban J connectivity index is 0.00000220. The first kappa shape index (κ1) is 17.9. The highest BCUT2D eigenvalue weighted by Crippen LogP contribution is 2.27. The molecule has 1 aromatic rings. The van der Waals surface area contributed by atoms with Crippen molar-refractivity contribution in [3.05, 3.63) is 29.3 Å². The third-order valence-electron chi connectivity index (χ3n) is 3.87. The summed E-state index contributed by atoms with van der Waals surface area (Å²) in [6.45, 7) is 4.59. The van der Waals surface area contributed by atoms with E-state index in [1.165, 1.54) is 10.4 Å². The second-order valence-electron chi connectivity index (χ2n) is 5.36. The van der Waals surface area contributed by atoms with Gasteiger partial charge in [0.15, 0.2) is 0 Å². The minimum absolute atomic E-state index is 0. The fraction of sp³-hybridized carbons (Fsp3) is 0.500. The number of nitriles is 1. The van der Waals surface area contributed by atoms with Gasteiger partial charge >= 0.3 is 0 Å². The second kappa shape index (κ2) is 6.75. The Morgan fingerprint density at radius 2 is 2.14 bits per heavy atom. The number of halogens is 1. The third kappa shape index (κ3) is 3.55. The maximum absolute atomic E-state index is 12.7. The summed E-state index contributed by atoms with van der Waals surface area (Å²) in [5, 5.41) is 8.92. The van der Waals surface area contributed by atoms with Gasteiger partial charge in [-0.3, -0.25) is 0 Å². The lowest BCUT2D eigenvalue weighted by atomic mass is 10.0. The average molecular weight is 330 g/mol. The lowest BCUT2D eigenvalue weighted by Crippen LogP contribution is -2.33. The lowest BCUT2D eigenvalue weighted by Gasteiger charge is -2.19. The second-order valence-corrected chi connectivity index (χ2v) is 7.27. The molecule has 5 nitrogen and oxygen atoms in total. The molecule has 0 amide bonds. The van der Waals surface area contributed by atoms with E-state index in [0.29, 0.717) is 24.2 Å². The van der Waals surface area contributed by atoms with Gasteiger partial charge in [0.05, 0.1) is 16.5 Å². The van der Waals surface area contributed by atoms with Gasteiger partial charge in [-0.15, -0.1) is 12.4 Å². The van der Waals surface area contributed by atoms with Crippen LogP contribution in [0, 0.1) is 24.2 Å². The fourth-order valence-electron chi connectivity index (χ4n) is 2.49. The molecule has 21 heavy (non-hydrogen) atoms. The van der Waals surface area contributed by atoms with E-state index in [9.17, 15) is 8.42 Å². The summed E-state index contributed by atoms with van der Waals surface area (Å²) in [6.07, 6.45) is 0.786. The zero-order valence-corrected chi connectivity index (χ0v) is 13.7. The molecule has 0 aromatic heterocycles. The normalized spacial score (nSPS) is 20.6. The van der Waals surface area contributed by atoms with Crippen molar-refractivity contribution in [2.75, 3.05) is 13.1 Å². The Kier molecular flexibility index (Phi) is 5.76. The average Bonchev–Trinajstić information content (AvgIpc) is 2.89. The Hall–Kier alpha value is -1.13. The van der Waals surface area contributed by atoms with Crippen LogP contribution in [0.4, 0.5) is 0 Å². The first-order valence-electron chi connectivity index (χ1n) is 6.62. The zero-order chi connectivity index (χ0) is 14.9. The summed E-state index contributed by atoms with van der Waals surface area (Å²) in [5.41, 5.74) is 6.87. The number of aryl methyl sites for hydroxylation is 1. The summed E-state index contributed by atoms with van der Waals surface area (Å²) in [4.78, 5) is 0.224. The van der Waals surface area contributed by atoms with Crippen LogP contribution in [-0.2, 0) is 10.0 Å². The lowest BCUT2D eigenvalue weighted by molar-refractivity contribution is 0.429. The first-order chi connectivity index (χ1) is 9.36. The number of nitrogens with two attached hydrogens (primary N) is 1. The molecule has 1 aromatic carbocycles. The van der Waals surface area contributed by atoms with Crippen molar-refractivity contribution in [3.8, 4) is 6.07 Å². The van der Waals surface area contributed by atoms with Crippen LogP contribution in [0.15, 0.2) is 23.1 Å². The molecule has 2 atom stereocenters. The van der Waals surface area contributed by atoms with E-state index >= 15 is 0 Å². The predicted molar refractivity (Wildman–Crippen MR) is 83.7 cm³/mol. The van der Waals surface area contributed by atoms with Gasteiger partial charge in [0.1, 0.15) is 0 Å². The number of sulfonamides is 1. The third-order valence-corrected chi connectivity index (χ3v) is 5.87. The first-order valence-corrected chi connectivity index (χ1v) is 8.06. The quantitative estimate of drug-likeness (QED) is 0.913. The molecule has 0 aliphatic carbocycles. The summed E-state index contributed by atoms with van der Waals surface area (Å²) in [6, 6.07) is 6.72. The number of nitrogens with zero attached hydrogens (tertiary/aromatic N) is 2. The van der Waals surface area contributed by atoms with Gasteiger partial charge in [-0.25, -0.2) is 8.42 Å². The van der Waals surface area contributed by atoms with E-state index in [2.05, 4.69) is 0 Å². The molecular formula is C14H20ClN3O2S. The highest BCUT2D eigenvalue weighted by Gasteiger charge is 2.34. The van der Waals surface area contributed by atoms with E-state index in [0.717, 1.165) is 6.42 Å². The molecule has 2 N–H and O–H groups in total. The molecule has 1 fully saturated rings. The van der Waals surface area contributed by atoms with Gasteiger partial charge in [0.25, 0.3) is 0 Å². The summed E-state index contributed by atoms with van der Waals surface area (Å²) >= 11 is 0. The Morgan fingerprint density at radius 3 is 2.67 bits per heavy atom. The molecular weight excluding hydrogens is 310 g/mol. The van der Waals surface area contributed by atoms with Crippen LogP contribution in [0.1, 0.15) is 24.5 Å². The van der Waals surface area contributed by atoms with Crippen molar-refractivity contribution in [1.29, 1.82) is 5.26 Å². The van der Waals surface area contributed by atoms with E-state index in [1.54, 1.807) is 19.1 Å². The van der Waals surface area contributed by atoms with Gasteiger partial charge in [0, 0.05) is 19.1 Å². The van der Waals surface area contributed by atoms with Crippen molar-refractivity contribution in [2.24, 2.45) is 11.7 Å². The van der Waals surface area contributed by atoms with Crippen LogP contribution in [0.25, 0.3) is 0 Å². The number of rotatable bonds is 3. The van der Waals surface area contributed by atoms with E-state index < -0.39 is 10.0 Å². The van der Waals surface area contributed by atoms with Crippen molar-refractivity contribution < 1.29 is 8.42 Å². The Bertz CT molecular complexity index is 653. The Morgan fingerprint density at radius 1 is 1.48 bits per heavy atom. The van der Waals surface area contributed by atoms with Gasteiger partial charge in [-0.2, -0.15) is 9.57 Å². The highest BCUT2D eigenvalue weighted by atomic mass is 35.5. The molecule has 0 bridgehead atoms. The topological polar surface area (TPSA) is 87.2 Å². The van der Waals surface area contributed by atoms with Gasteiger partial charge in [-0.05, 0) is 43.9 Å². The molecule has 1 aliphatic heterocycles. The SMILES string of the molecule is Cc1ccc(C#N)cc1S(=O)(=O)N1CCC(C(C)N)C1.Cl. The van der Waals surface area contributed by atoms with Crippen molar-refractivity contribution >= 4 is 22.4 Å². The molecule has 116 valence electrons. The van der Waals surface area contributed by atoms with Crippen molar-refractivity contribution in [1.82, 2.24) is 4.31 Å². The molecule has 0 saturated carbocycles. The van der Waals surface area contributed by atoms with E-state index in [1.807, 2.05) is 13.0 Å². The van der Waals surface area contributed by atoms with Crippen LogP contribution in [0.2, 0.25) is 0 Å². The van der Waals surface area contributed by atoms with Gasteiger partial charge < -0.3 is 5.73 Å². The molecule has 1 aliphatic rings. The molecule has 2 rings (SSSR count). The maximum atomic E-state index is 12.7. The maximum Gasteiger partial charge on any atom is 0.243 e. The largest absolute Gasteiger partial charge is 0.328 e. The summed E-state index contributed by atoms with van der Waals surface area (Å²) < 4.78 is 26.8. The van der Waals surface area contributed by atoms with Gasteiger partial charge in [-0.1, -0.05) is 6.07 Å². The highest BCUT2D eigenvalue weighted by molar-refractivity contribution is 7.89. The fourth-order valence-corrected chi connectivity index (χ4v) is 4.25. The molecule has 1 heterocycles. The van der Waals surface area contributed by atoms with E-state index in [4.69, 9.17) is 11.0 Å². The monoisotopic (exact) mass is 329 g/mol. The molecule has 2 unspecified atom stereocenters. The van der Waals surface area contributed by atoms with Crippen LogP contribution < -0.4 is 5.73 Å². The predicted octanol–water partition coefficient (Wildman–Crippen LogP) is 1.65. The summed E-state index contributed by atoms with van der Waals surface area (Å²) in [5.74, 6) is 0.198. The number of benzene rings is 1. The number of hydrogen-bond donors (Lipinski definition) is 1. The Labute approximate surface area is 132 Å². The molecule has 1 saturated heterocycles. The standard InChI is InChI=1S/C14H19N3O2S.ClH/c1-10-3-4-12(8-15)7-14(10)20(18,19)17-6-5-13(9-17)11(2)16;/h3-4,7,11,13H,5-6,9,16H2,1-2H3;1H. The minimum atomic E-state index is -3.54. The molecule has 0 radical (unpaired) electrons. The zero-order valence-electron chi connectivity index (χ0n) is 12.1. The minimum Gasteiger partial charge on any atom is -0.328 e. The smallest absolute Gasteiger partial charge is 0.243 e. The molecule has 7 heteroatoms.